The highest BCUT2D eigenvalue weighted by Crippen LogP contribution is 2.41. The lowest BCUT2D eigenvalue weighted by Gasteiger charge is -2.29. The zero-order chi connectivity index (χ0) is 18.0. The zero-order valence-corrected chi connectivity index (χ0v) is 14.5. The van der Waals surface area contributed by atoms with Crippen molar-refractivity contribution in [2.45, 2.75) is 19.0 Å². The highest BCUT2D eigenvalue weighted by Gasteiger charge is 2.41. The molecule has 2 unspecified atom stereocenters. The fourth-order valence-corrected chi connectivity index (χ4v) is 3.53. The van der Waals surface area contributed by atoms with E-state index in [0.29, 0.717) is 17.1 Å². The molecule has 1 aliphatic rings. The number of halogens is 2. The van der Waals surface area contributed by atoms with Crippen LogP contribution in [0.15, 0.2) is 42.5 Å². The zero-order valence-electron chi connectivity index (χ0n) is 13.8. The van der Waals surface area contributed by atoms with Crippen LogP contribution in [0, 0.1) is 11.7 Å². The molecule has 3 rings (SSSR count). The lowest BCUT2D eigenvalue weighted by atomic mass is 9.94. The lowest BCUT2D eigenvalue weighted by Crippen LogP contribution is -2.29. The fourth-order valence-electron chi connectivity index (χ4n) is 3.30. The van der Waals surface area contributed by atoms with E-state index in [0.717, 1.165) is 11.3 Å². The topological polar surface area (TPSA) is 49.8 Å². The first-order chi connectivity index (χ1) is 12.0. The monoisotopic (exact) mass is 363 g/mol. The van der Waals surface area contributed by atoms with Gasteiger partial charge in [-0.15, -0.1) is 0 Å². The first-order valence-electron chi connectivity index (χ1n) is 8.01. The molecule has 2 aromatic carbocycles. The van der Waals surface area contributed by atoms with E-state index in [1.54, 1.807) is 12.0 Å². The number of likely N-dealkylation sites (tertiary alicyclic amines) is 1. The predicted molar refractivity (Wildman–Crippen MR) is 92.9 cm³/mol. The maximum absolute atomic E-state index is 13.7. The average Bonchev–Trinajstić information content (AvgIpc) is 2.93. The Kier molecular flexibility index (Phi) is 5.25. The molecule has 0 aliphatic carbocycles. The minimum absolute atomic E-state index is 0.0832. The molecule has 0 aromatic heterocycles. The number of ether oxygens (including phenoxy) is 1. The number of aliphatic hydroxyl groups is 1. The molecule has 1 saturated heterocycles. The summed E-state index contributed by atoms with van der Waals surface area (Å²) in [6, 6.07) is 11.1. The second kappa shape index (κ2) is 7.42. The molecule has 6 heteroatoms. The van der Waals surface area contributed by atoms with Crippen LogP contribution in [0.3, 0.4) is 0 Å². The SMILES string of the molecule is COc1ccc(CN2C(=O)CC(CO)C2c2cc(F)ccc2Cl)cc1. The van der Waals surface area contributed by atoms with Gasteiger partial charge in [0.1, 0.15) is 11.6 Å². The number of methoxy groups -OCH3 is 1. The summed E-state index contributed by atoms with van der Waals surface area (Å²) in [5.74, 6) is -0.0838. The summed E-state index contributed by atoms with van der Waals surface area (Å²) >= 11 is 6.25. The number of rotatable bonds is 5. The van der Waals surface area contributed by atoms with Gasteiger partial charge in [-0.1, -0.05) is 23.7 Å². The van der Waals surface area contributed by atoms with E-state index in [1.165, 1.54) is 18.2 Å². The van der Waals surface area contributed by atoms with E-state index < -0.39 is 11.9 Å². The molecule has 1 N–H and O–H groups in total. The van der Waals surface area contributed by atoms with Crippen LogP contribution in [0.5, 0.6) is 5.75 Å². The van der Waals surface area contributed by atoms with Crippen molar-refractivity contribution in [3.8, 4) is 5.75 Å². The predicted octanol–water partition coefficient (Wildman–Crippen LogP) is 3.57. The van der Waals surface area contributed by atoms with Gasteiger partial charge in [0.05, 0.1) is 13.2 Å². The normalized spacial score (nSPS) is 20.2. The summed E-state index contributed by atoms with van der Waals surface area (Å²) in [5.41, 5.74) is 1.45. The summed E-state index contributed by atoms with van der Waals surface area (Å²) in [6.45, 7) is 0.194. The number of carbonyl (C=O) groups is 1. The Labute approximate surface area is 150 Å². The molecule has 1 aliphatic heterocycles. The van der Waals surface area contributed by atoms with E-state index in [1.807, 2.05) is 24.3 Å². The molecular formula is C19H19ClFNO3. The Morgan fingerprint density at radius 3 is 2.64 bits per heavy atom. The fraction of sp³-hybridized carbons (Fsp3) is 0.316. The van der Waals surface area contributed by atoms with Crippen LogP contribution in [0.2, 0.25) is 5.02 Å². The molecular weight excluding hydrogens is 345 g/mol. The summed E-state index contributed by atoms with van der Waals surface area (Å²) < 4.78 is 18.9. The van der Waals surface area contributed by atoms with Crippen LogP contribution in [0.4, 0.5) is 4.39 Å². The van der Waals surface area contributed by atoms with E-state index in [2.05, 4.69) is 0 Å². The van der Waals surface area contributed by atoms with Gasteiger partial charge in [-0.05, 0) is 41.5 Å². The molecule has 1 amide bonds. The summed E-state index contributed by atoms with van der Waals surface area (Å²) in [4.78, 5) is 14.2. The van der Waals surface area contributed by atoms with Crippen molar-refractivity contribution in [2.24, 2.45) is 5.92 Å². The molecule has 25 heavy (non-hydrogen) atoms. The minimum atomic E-state index is -0.456. The van der Waals surface area contributed by atoms with Crippen LogP contribution in [0.1, 0.15) is 23.6 Å². The Hall–Kier alpha value is -2.11. The Bertz CT molecular complexity index is 766. The van der Waals surface area contributed by atoms with Crippen molar-refractivity contribution in [2.75, 3.05) is 13.7 Å². The lowest BCUT2D eigenvalue weighted by molar-refractivity contribution is -0.129. The van der Waals surface area contributed by atoms with Crippen molar-refractivity contribution >= 4 is 17.5 Å². The quantitative estimate of drug-likeness (QED) is 0.883. The smallest absolute Gasteiger partial charge is 0.223 e. The van der Waals surface area contributed by atoms with Crippen molar-refractivity contribution in [1.82, 2.24) is 4.90 Å². The highest BCUT2D eigenvalue weighted by atomic mass is 35.5. The number of carbonyl (C=O) groups excluding carboxylic acids is 1. The molecule has 0 saturated carbocycles. The van der Waals surface area contributed by atoms with Gasteiger partial charge < -0.3 is 14.7 Å². The number of aliphatic hydroxyl groups excluding tert-OH is 1. The summed E-state index contributed by atoms with van der Waals surface area (Å²) in [5, 5.41) is 10.1. The van der Waals surface area contributed by atoms with Crippen LogP contribution in [-0.2, 0) is 11.3 Å². The van der Waals surface area contributed by atoms with Crippen molar-refractivity contribution < 1.29 is 19.0 Å². The maximum Gasteiger partial charge on any atom is 0.223 e. The number of hydrogen-bond acceptors (Lipinski definition) is 3. The van der Waals surface area contributed by atoms with Gasteiger partial charge in [-0.2, -0.15) is 0 Å². The van der Waals surface area contributed by atoms with Crippen LogP contribution in [0.25, 0.3) is 0 Å². The molecule has 0 bridgehead atoms. The van der Waals surface area contributed by atoms with E-state index in [9.17, 15) is 14.3 Å². The number of amides is 1. The Balaban J connectivity index is 1.94. The average molecular weight is 364 g/mol. The van der Waals surface area contributed by atoms with Crippen molar-refractivity contribution in [1.29, 1.82) is 0 Å². The van der Waals surface area contributed by atoms with Crippen LogP contribution < -0.4 is 4.74 Å². The third-order valence-electron chi connectivity index (χ3n) is 4.56. The number of benzene rings is 2. The molecule has 2 aromatic rings. The molecule has 0 radical (unpaired) electrons. The second-order valence-corrected chi connectivity index (χ2v) is 6.53. The molecule has 1 fully saturated rings. The standard InChI is InChI=1S/C19H19ClFNO3/c1-25-15-5-2-12(3-6-15)10-22-18(24)8-13(11-23)19(22)16-9-14(21)4-7-17(16)20/h2-7,9,13,19,23H,8,10-11H2,1H3. The van der Waals surface area contributed by atoms with Crippen molar-refractivity contribution in [3.05, 3.63) is 64.4 Å². The first kappa shape index (κ1) is 17.7. The number of nitrogens with zero attached hydrogens (tertiary/aromatic N) is 1. The Morgan fingerprint density at radius 2 is 2.00 bits per heavy atom. The van der Waals surface area contributed by atoms with Gasteiger partial charge in [0.2, 0.25) is 5.91 Å². The number of hydrogen-bond donors (Lipinski definition) is 1. The Morgan fingerprint density at radius 1 is 1.28 bits per heavy atom. The second-order valence-electron chi connectivity index (χ2n) is 6.13. The largest absolute Gasteiger partial charge is 0.497 e. The summed E-state index contributed by atoms with van der Waals surface area (Å²) in [6.07, 6.45) is 0.212. The molecule has 1 heterocycles. The first-order valence-corrected chi connectivity index (χ1v) is 8.39. The third kappa shape index (κ3) is 3.62. The molecule has 4 nitrogen and oxygen atoms in total. The van der Waals surface area contributed by atoms with Crippen LogP contribution >= 0.6 is 11.6 Å². The van der Waals surface area contributed by atoms with Gasteiger partial charge in [0, 0.05) is 30.5 Å². The van der Waals surface area contributed by atoms with Gasteiger partial charge in [-0.3, -0.25) is 4.79 Å². The van der Waals surface area contributed by atoms with Crippen molar-refractivity contribution in [3.63, 3.8) is 0 Å². The minimum Gasteiger partial charge on any atom is -0.497 e. The van der Waals surface area contributed by atoms with E-state index in [-0.39, 0.29) is 24.9 Å². The van der Waals surface area contributed by atoms with Gasteiger partial charge in [0.15, 0.2) is 0 Å². The molecule has 0 spiro atoms. The van der Waals surface area contributed by atoms with Gasteiger partial charge >= 0.3 is 0 Å². The molecule has 2 atom stereocenters. The van der Waals surface area contributed by atoms with Crippen LogP contribution in [-0.4, -0.2) is 29.6 Å². The van der Waals surface area contributed by atoms with Gasteiger partial charge in [0.25, 0.3) is 0 Å². The summed E-state index contributed by atoms with van der Waals surface area (Å²) in [7, 11) is 1.59. The van der Waals surface area contributed by atoms with Gasteiger partial charge in [-0.25, -0.2) is 4.39 Å². The maximum atomic E-state index is 13.7. The molecule has 132 valence electrons. The third-order valence-corrected chi connectivity index (χ3v) is 4.91. The highest BCUT2D eigenvalue weighted by molar-refractivity contribution is 6.31. The van der Waals surface area contributed by atoms with E-state index in [4.69, 9.17) is 16.3 Å². The van der Waals surface area contributed by atoms with E-state index >= 15 is 0 Å².